The van der Waals surface area contributed by atoms with Gasteiger partial charge in [0.1, 0.15) is 6.07 Å². The van der Waals surface area contributed by atoms with E-state index in [9.17, 15) is 9.90 Å². The summed E-state index contributed by atoms with van der Waals surface area (Å²) in [6, 6.07) is 4.71. The summed E-state index contributed by atoms with van der Waals surface area (Å²) in [5.74, 6) is -0.527. The molecule has 1 rings (SSSR count). The Balaban J connectivity index is 3.37. The van der Waals surface area contributed by atoms with Crippen LogP contribution in [0, 0.1) is 11.3 Å². The number of aromatic hydroxyl groups is 1. The minimum atomic E-state index is -0.291. The van der Waals surface area contributed by atoms with E-state index >= 15 is 0 Å². The molecule has 1 N–H and O–H groups in total. The molecule has 0 spiro atoms. The summed E-state index contributed by atoms with van der Waals surface area (Å²) < 4.78 is 4.86. The molecule has 0 atom stereocenters. The van der Waals surface area contributed by atoms with Gasteiger partial charge in [-0.1, -0.05) is 15.9 Å². The number of carbonyl (C=O) groups excluding carboxylic acids is 1. The van der Waals surface area contributed by atoms with E-state index in [0.29, 0.717) is 0 Å². The van der Waals surface area contributed by atoms with Crippen molar-refractivity contribution in [2.75, 3.05) is 12.4 Å². The molecule has 5 heteroatoms. The van der Waals surface area contributed by atoms with Gasteiger partial charge in [0.2, 0.25) is 0 Å². The van der Waals surface area contributed by atoms with E-state index < -0.39 is 0 Å². The van der Waals surface area contributed by atoms with E-state index in [0.717, 1.165) is 0 Å². The van der Waals surface area contributed by atoms with Gasteiger partial charge >= 0.3 is 0 Å². The average Bonchev–Trinajstić information content (AvgIpc) is 2.27. The number of nitriles is 1. The minimum Gasteiger partial charge on any atom is -0.504 e. The predicted molar refractivity (Wildman–Crippen MR) is 57.5 cm³/mol. The van der Waals surface area contributed by atoms with Crippen LogP contribution >= 0.6 is 15.9 Å². The predicted octanol–water partition coefficient (Wildman–Crippen LogP) is 1.85. The van der Waals surface area contributed by atoms with Gasteiger partial charge in [-0.15, -0.1) is 0 Å². The number of methoxy groups -OCH3 is 1. The fourth-order valence-electron chi connectivity index (χ4n) is 1.16. The third kappa shape index (κ3) is 2.10. The van der Waals surface area contributed by atoms with Crippen molar-refractivity contribution in [1.29, 1.82) is 5.26 Å². The molecule has 0 saturated carbocycles. The normalized spacial score (nSPS) is 9.40. The van der Waals surface area contributed by atoms with Crippen LogP contribution in [0.4, 0.5) is 0 Å². The molecule has 0 aliphatic carbocycles. The van der Waals surface area contributed by atoms with Crippen LogP contribution in [0.3, 0.4) is 0 Å². The van der Waals surface area contributed by atoms with E-state index in [-0.39, 0.29) is 33.7 Å². The standard InChI is InChI=1S/C10H8BrNO3/c1-15-10-6(5-12)2-3-7(9(10)14)8(13)4-11/h2-3,14H,4H2,1H3. The molecule has 78 valence electrons. The zero-order valence-electron chi connectivity index (χ0n) is 7.95. The highest BCUT2D eigenvalue weighted by Crippen LogP contribution is 2.33. The molecule has 0 radical (unpaired) electrons. The van der Waals surface area contributed by atoms with Crippen molar-refractivity contribution in [1.82, 2.24) is 0 Å². The Kier molecular flexibility index (Phi) is 3.69. The number of hydrogen-bond acceptors (Lipinski definition) is 4. The molecule has 1 aromatic rings. The monoisotopic (exact) mass is 269 g/mol. The molecular formula is C10H8BrNO3. The second-order valence-corrected chi connectivity index (χ2v) is 3.27. The zero-order valence-corrected chi connectivity index (χ0v) is 9.54. The highest BCUT2D eigenvalue weighted by Gasteiger charge is 2.17. The maximum atomic E-state index is 11.4. The number of ketones is 1. The van der Waals surface area contributed by atoms with Gasteiger partial charge in [0, 0.05) is 0 Å². The minimum absolute atomic E-state index is 0.0318. The Morgan fingerprint density at radius 1 is 1.67 bits per heavy atom. The van der Waals surface area contributed by atoms with Crippen molar-refractivity contribution in [3.63, 3.8) is 0 Å². The van der Waals surface area contributed by atoms with Gasteiger partial charge in [-0.3, -0.25) is 4.79 Å². The summed E-state index contributed by atoms with van der Waals surface area (Å²) >= 11 is 3.00. The van der Waals surface area contributed by atoms with Crippen LogP contribution in [0.25, 0.3) is 0 Å². The molecule has 0 aliphatic rings. The fraction of sp³-hybridized carbons (Fsp3) is 0.200. The van der Waals surface area contributed by atoms with Crippen molar-refractivity contribution in [3.05, 3.63) is 23.3 Å². The number of rotatable bonds is 3. The van der Waals surface area contributed by atoms with Gasteiger partial charge in [0.05, 0.1) is 23.6 Å². The highest BCUT2D eigenvalue weighted by atomic mass is 79.9. The molecule has 15 heavy (non-hydrogen) atoms. The fourth-order valence-corrected chi connectivity index (χ4v) is 1.46. The average molecular weight is 270 g/mol. The molecule has 4 nitrogen and oxygen atoms in total. The van der Waals surface area contributed by atoms with Gasteiger partial charge < -0.3 is 9.84 Å². The summed E-state index contributed by atoms with van der Waals surface area (Å²) in [6.45, 7) is 0. The van der Waals surface area contributed by atoms with Gasteiger partial charge in [-0.25, -0.2) is 0 Å². The number of hydrogen-bond donors (Lipinski definition) is 1. The molecule has 1 aromatic carbocycles. The lowest BCUT2D eigenvalue weighted by atomic mass is 10.1. The highest BCUT2D eigenvalue weighted by molar-refractivity contribution is 9.09. The summed E-state index contributed by atoms with van der Waals surface area (Å²) in [6.07, 6.45) is 0. The topological polar surface area (TPSA) is 70.3 Å². The lowest BCUT2D eigenvalue weighted by Gasteiger charge is -2.08. The van der Waals surface area contributed by atoms with Gasteiger partial charge in [-0.2, -0.15) is 5.26 Å². The molecule has 0 aliphatic heterocycles. The van der Waals surface area contributed by atoms with Crippen molar-refractivity contribution >= 4 is 21.7 Å². The molecule has 0 fully saturated rings. The van der Waals surface area contributed by atoms with Crippen molar-refractivity contribution in [3.8, 4) is 17.6 Å². The van der Waals surface area contributed by atoms with E-state index in [1.54, 1.807) is 0 Å². The maximum absolute atomic E-state index is 11.4. The maximum Gasteiger partial charge on any atom is 0.179 e. The number of Topliss-reactive ketones (excluding diaryl/α,β-unsaturated/α-hetero) is 1. The quantitative estimate of drug-likeness (QED) is 0.672. The van der Waals surface area contributed by atoms with Gasteiger partial charge in [-0.05, 0) is 12.1 Å². The number of ether oxygens (including phenoxy) is 1. The summed E-state index contributed by atoms with van der Waals surface area (Å²) in [5.41, 5.74) is 0.337. The summed E-state index contributed by atoms with van der Waals surface area (Å²) in [5, 5.41) is 18.5. The summed E-state index contributed by atoms with van der Waals surface area (Å²) in [7, 11) is 1.33. The number of carbonyl (C=O) groups is 1. The second kappa shape index (κ2) is 4.80. The first-order valence-corrected chi connectivity index (χ1v) is 5.17. The van der Waals surface area contributed by atoms with E-state index in [4.69, 9.17) is 10.00 Å². The van der Waals surface area contributed by atoms with Crippen LogP contribution in [-0.4, -0.2) is 23.3 Å². The van der Waals surface area contributed by atoms with Gasteiger partial charge in [0.15, 0.2) is 17.3 Å². The Morgan fingerprint density at radius 3 is 2.80 bits per heavy atom. The van der Waals surface area contributed by atoms with Gasteiger partial charge in [0.25, 0.3) is 0 Å². The number of nitrogens with zero attached hydrogens (tertiary/aromatic N) is 1. The van der Waals surface area contributed by atoms with Crippen molar-refractivity contribution in [2.24, 2.45) is 0 Å². The molecule has 0 heterocycles. The molecule has 0 bridgehead atoms. The molecule has 0 aromatic heterocycles. The molecule has 0 amide bonds. The third-order valence-electron chi connectivity index (χ3n) is 1.88. The first-order valence-electron chi connectivity index (χ1n) is 4.05. The number of phenols is 1. The zero-order chi connectivity index (χ0) is 11.4. The number of benzene rings is 1. The van der Waals surface area contributed by atoms with Crippen LogP contribution in [0.5, 0.6) is 11.5 Å². The van der Waals surface area contributed by atoms with Crippen LogP contribution < -0.4 is 4.74 Å². The van der Waals surface area contributed by atoms with Crippen LogP contribution in [0.15, 0.2) is 12.1 Å². The second-order valence-electron chi connectivity index (χ2n) is 2.71. The number of phenolic OH excluding ortho intramolecular Hbond substituents is 1. The Labute approximate surface area is 95.2 Å². The molecular weight excluding hydrogens is 262 g/mol. The Hall–Kier alpha value is -1.54. The smallest absolute Gasteiger partial charge is 0.179 e. The van der Waals surface area contributed by atoms with E-state index in [1.807, 2.05) is 6.07 Å². The number of halogens is 1. The lowest BCUT2D eigenvalue weighted by molar-refractivity contribution is 0.102. The lowest BCUT2D eigenvalue weighted by Crippen LogP contribution is -2.02. The molecule has 0 unspecified atom stereocenters. The van der Waals surface area contributed by atoms with Crippen LogP contribution in [-0.2, 0) is 0 Å². The molecule has 0 saturated heterocycles. The number of alkyl halides is 1. The van der Waals surface area contributed by atoms with E-state index in [1.165, 1.54) is 19.2 Å². The van der Waals surface area contributed by atoms with Crippen molar-refractivity contribution < 1.29 is 14.6 Å². The third-order valence-corrected chi connectivity index (χ3v) is 2.39. The first kappa shape index (κ1) is 11.5. The first-order chi connectivity index (χ1) is 7.15. The van der Waals surface area contributed by atoms with E-state index in [2.05, 4.69) is 15.9 Å². The SMILES string of the molecule is COc1c(C#N)ccc(C(=O)CBr)c1O. The Morgan fingerprint density at radius 2 is 2.33 bits per heavy atom. The van der Waals surface area contributed by atoms with Crippen molar-refractivity contribution in [2.45, 2.75) is 0 Å². The largest absolute Gasteiger partial charge is 0.504 e. The Bertz CT molecular complexity index is 437. The van der Waals surface area contributed by atoms with Crippen LogP contribution in [0.2, 0.25) is 0 Å². The summed E-state index contributed by atoms with van der Waals surface area (Å²) in [4.78, 5) is 11.4. The van der Waals surface area contributed by atoms with Crippen LogP contribution in [0.1, 0.15) is 15.9 Å².